The van der Waals surface area contributed by atoms with Crippen LogP contribution in [0.2, 0.25) is 0 Å². The number of aliphatic carboxylic acids is 1. The summed E-state index contributed by atoms with van der Waals surface area (Å²) in [6.45, 7) is 9.61. The van der Waals surface area contributed by atoms with Gasteiger partial charge in [0.15, 0.2) is 0 Å². The predicted molar refractivity (Wildman–Crippen MR) is 66.8 cm³/mol. The second-order valence-electron chi connectivity index (χ2n) is 5.26. The summed E-state index contributed by atoms with van der Waals surface area (Å²) >= 11 is 0. The first-order valence-corrected chi connectivity index (χ1v) is 5.90. The molecule has 3 N–H and O–H groups in total. The van der Waals surface area contributed by atoms with E-state index in [0.717, 1.165) is 6.42 Å². The van der Waals surface area contributed by atoms with Crippen LogP contribution in [-0.4, -0.2) is 35.6 Å². The van der Waals surface area contributed by atoms with Crippen LogP contribution in [-0.2, 0) is 9.59 Å². The lowest BCUT2D eigenvalue weighted by molar-refractivity contribution is -0.151. The topological polar surface area (TPSA) is 78.4 Å². The Morgan fingerprint density at radius 2 is 1.71 bits per heavy atom. The van der Waals surface area contributed by atoms with Crippen LogP contribution in [0.3, 0.4) is 0 Å². The van der Waals surface area contributed by atoms with E-state index in [9.17, 15) is 9.59 Å². The number of carboxylic acids is 1. The number of amides is 1. The third kappa shape index (κ3) is 4.34. The number of carboxylic acid groups (broad SMARTS) is 1. The fourth-order valence-corrected chi connectivity index (χ4v) is 1.12. The van der Waals surface area contributed by atoms with Crippen molar-refractivity contribution in [2.75, 3.05) is 13.1 Å². The minimum absolute atomic E-state index is 0.110. The standard InChI is InChI=1S/C12H24N2O3/c1-6-7-13-9(15)8-14-12(4,5)11(2,3)10(16)17/h14H,6-8H2,1-5H3,(H,13,15)(H,16,17). The first kappa shape index (κ1) is 15.9. The lowest BCUT2D eigenvalue weighted by atomic mass is 9.74. The molecule has 0 aromatic rings. The fourth-order valence-electron chi connectivity index (χ4n) is 1.12. The Hall–Kier alpha value is -1.10. The molecule has 0 aromatic heterocycles. The van der Waals surface area contributed by atoms with Gasteiger partial charge in [0.2, 0.25) is 5.91 Å². The Balaban J connectivity index is 4.36. The molecule has 0 spiro atoms. The number of hydrogen-bond donors (Lipinski definition) is 3. The van der Waals surface area contributed by atoms with E-state index < -0.39 is 16.9 Å². The van der Waals surface area contributed by atoms with Gasteiger partial charge in [0.05, 0.1) is 12.0 Å². The van der Waals surface area contributed by atoms with Crippen LogP contribution in [0.4, 0.5) is 0 Å². The number of rotatable bonds is 7. The molecule has 0 rings (SSSR count). The summed E-state index contributed by atoms with van der Waals surface area (Å²) in [4.78, 5) is 22.6. The van der Waals surface area contributed by atoms with Gasteiger partial charge in [-0.05, 0) is 34.1 Å². The van der Waals surface area contributed by atoms with Crippen molar-refractivity contribution < 1.29 is 14.7 Å². The molecule has 5 heteroatoms. The van der Waals surface area contributed by atoms with Gasteiger partial charge in [-0.15, -0.1) is 0 Å². The summed E-state index contributed by atoms with van der Waals surface area (Å²) in [6, 6.07) is 0. The first-order valence-electron chi connectivity index (χ1n) is 5.90. The van der Waals surface area contributed by atoms with Gasteiger partial charge in [0, 0.05) is 12.1 Å². The molecular weight excluding hydrogens is 220 g/mol. The molecular formula is C12H24N2O3. The molecule has 1 amide bonds. The Kier molecular flexibility index (Phi) is 5.61. The summed E-state index contributed by atoms with van der Waals surface area (Å²) in [5, 5.41) is 14.9. The summed E-state index contributed by atoms with van der Waals surface area (Å²) in [7, 11) is 0. The van der Waals surface area contributed by atoms with Crippen LogP contribution < -0.4 is 10.6 Å². The van der Waals surface area contributed by atoms with Crippen LogP contribution in [0.5, 0.6) is 0 Å². The zero-order chi connectivity index (χ0) is 13.7. The molecule has 0 aliphatic carbocycles. The average molecular weight is 244 g/mol. The first-order chi connectivity index (χ1) is 7.65. The molecule has 100 valence electrons. The number of nitrogens with one attached hydrogen (secondary N) is 2. The quantitative estimate of drug-likeness (QED) is 0.624. The van der Waals surface area contributed by atoms with E-state index >= 15 is 0 Å². The average Bonchev–Trinajstić information content (AvgIpc) is 2.23. The number of hydrogen-bond acceptors (Lipinski definition) is 3. The molecule has 0 atom stereocenters. The molecule has 0 aliphatic heterocycles. The van der Waals surface area contributed by atoms with Crippen molar-refractivity contribution in [1.29, 1.82) is 0 Å². The minimum Gasteiger partial charge on any atom is -0.481 e. The molecule has 17 heavy (non-hydrogen) atoms. The Morgan fingerprint density at radius 3 is 2.12 bits per heavy atom. The van der Waals surface area contributed by atoms with Crippen LogP contribution >= 0.6 is 0 Å². The highest BCUT2D eigenvalue weighted by atomic mass is 16.4. The van der Waals surface area contributed by atoms with Gasteiger partial charge in [-0.1, -0.05) is 6.92 Å². The molecule has 0 aromatic carbocycles. The van der Waals surface area contributed by atoms with Crippen molar-refractivity contribution in [1.82, 2.24) is 10.6 Å². The Bertz CT molecular complexity index is 285. The maximum Gasteiger partial charge on any atom is 0.310 e. The van der Waals surface area contributed by atoms with Crippen molar-refractivity contribution in [3.05, 3.63) is 0 Å². The van der Waals surface area contributed by atoms with E-state index in [-0.39, 0.29) is 12.5 Å². The van der Waals surface area contributed by atoms with Crippen molar-refractivity contribution in [3.63, 3.8) is 0 Å². The number of carbonyl (C=O) groups is 2. The van der Waals surface area contributed by atoms with Crippen LogP contribution in [0.1, 0.15) is 41.0 Å². The van der Waals surface area contributed by atoms with Crippen molar-refractivity contribution in [2.45, 2.75) is 46.6 Å². The van der Waals surface area contributed by atoms with Crippen molar-refractivity contribution >= 4 is 11.9 Å². The van der Waals surface area contributed by atoms with Gasteiger partial charge in [-0.25, -0.2) is 0 Å². The van der Waals surface area contributed by atoms with Crippen LogP contribution in [0.15, 0.2) is 0 Å². The van der Waals surface area contributed by atoms with Crippen LogP contribution in [0.25, 0.3) is 0 Å². The SMILES string of the molecule is CCCNC(=O)CNC(C)(C)C(C)(C)C(=O)O. The van der Waals surface area contributed by atoms with E-state index in [1.807, 2.05) is 6.92 Å². The van der Waals surface area contributed by atoms with Crippen molar-refractivity contribution in [3.8, 4) is 0 Å². The summed E-state index contributed by atoms with van der Waals surface area (Å²) in [5.74, 6) is -0.995. The van der Waals surface area contributed by atoms with Gasteiger partial charge >= 0.3 is 5.97 Å². The maximum atomic E-state index is 11.4. The monoisotopic (exact) mass is 244 g/mol. The van der Waals surface area contributed by atoms with Gasteiger partial charge < -0.3 is 15.7 Å². The van der Waals surface area contributed by atoms with Crippen LogP contribution in [0, 0.1) is 5.41 Å². The molecule has 5 nitrogen and oxygen atoms in total. The molecule has 0 heterocycles. The molecule has 0 radical (unpaired) electrons. The largest absolute Gasteiger partial charge is 0.481 e. The van der Waals surface area contributed by atoms with E-state index in [4.69, 9.17) is 5.11 Å². The molecule has 0 fully saturated rings. The molecule has 0 saturated carbocycles. The molecule has 0 aliphatic rings. The number of carbonyl (C=O) groups excluding carboxylic acids is 1. The highest BCUT2D eigenvalue weighted by Gasteiger charge is 2.43. The smallest absolute Gasteiger partial charge is 0.310 e. The summed E-state index contributed by atoms with van der Waals surface area (Å²) < 4.78 is 0. The van der Waals surface area contributed by atoms with E-state index in [2.05, 4.69) is 10.6 Å². The highest BCUT2D eigenvalue weighted by Crippen LogP contribution is 2.30. The second-order valence-corrected chi connectivity index (χ2v) is 5.26. The lowest BCUT2D eigenvalue weighted by Gasteiger charge is -2.38. The normalized spacial score (nSPS) is 12.3. The second kappa shape index (κ2) is 6.00. The van der Waals surface area contributed by atoms with Gasteiger partial charge in [-0.2, -0.15) is 0 Å². The van der Waals surface area contributed by atoms with E-state index in [1.165, 1.54) is 0 Å². The highest BCUT2D eigenvalue weighted by molar-refractivity contribution is 5.79. The Morgan fingerprint density at radius 1 is 1.18 bits per heavy atom. The summed E-state index contributed by atoms with van der Waals surface area (Å²) in [6.07, 6.45) is 0.885. The summed E-state index contributed by atoms with van der Waals surface area (Å²) in [5.41, 5.74) is -1.61. The minimum atomic E-state index is -0.946. The zero-order valence-corrected chi connectivity index (χ0v) is 11.4. The lowest BCUT2D eigenvalue weighted by Crippen LogP contribution is -2.57. The van der Waals surface area contributed by atoms with E-state index in [0.29, 0.717) is 6.54 Å². The van der Waals surface area contributed by atoms with Gasteiger partial charge in [-0.3, -0.25) is 9.59 Å². The third-order valence-corrected chi connectivity index (χ3v) is 3.36. The maximum absolute atomic E-state index is 11.4. The van der Waals surface area contributed by atoms with Gasteiger partial charge in [0.1, 0.15) is 0 Å². The molecule has 0 unspecified atom stereocenters. The third-order valence-electron chi connectivity index (χ3n) is 3.36. The molecule has 0 bridgehead atoms. The van der Waals surface area contributed by atoms with Crippen molar-refractivity contribution in [2.24, 2.45) is 5.41 Å². The predicted octanol–water partition coefficient (Wildman–Crippen LogP) is 0.992. The van der Waals surface area contributed by atoms with E-state index in [1.54, 1.807) is 27.7 Å². The zero-order valence-electron chi connectivity index (χ0n) is 11.4. The Labute approximate surface area is 103 Å². The fraction of sp³-hybridized carbons (Fsp3) is 0.833. The molecule has 0 saturated heterocycles. The van der Waals surface area contributed by atoms with Gasteiger partial charge in [0.25, 0.3) is 0 Å².